The van der Waals surface area contributed by atoms with Crippen molar-refractivity contribution in [3.63, 3.8) is 0 Å². The summed E-state index contributed by atoms with van der Waals surface area (Å²) >= 11 is 14.6. The number of thioether (sulfide) groups is 1. The van der Waals surface area contributed by atoms with Gasteiger partial charge in [-0.1, -0.05) is 39.7 Å². The van der Waals surface area contributed by atoms with E-state index in [9.17, 15) is 34.5 Å². The molecular formula is C31H26Cl2N9NaO8S2. The van der Waals surface area contributed by atoms with Crippen LogP contribution in [0.1, 0.15) is 47.7 Å². The molecule has 2 atom stereocenters. The molecule has 0 unspecified atom stereocenters. The first-order valence-corrected chi connectivity index (χ1v) is 17.8. The zero-order valence-electron chi connectivity index (χ0n) is 28.0. The van der Waals surface area contributed by atoms with Crippen molar-refractivity contribution < 1.29 is 73.5 Å². The largest absolute Gasteiger partial charge is 1.00 e. The van der Waals surface area contributed by atoms with Crippen LogP contribution in [0.2, 0.25) is 9.36 Å². The predicted octanol–water partition coefficient (Wildman–Crippen LogP) is -1.85. The third-order valence-electron chi connectivity index (χ3n) is 8.13. The van der Waals surface area contributed by atoms with Gasteiger partial charge in [0.1, 0.15) is 10.0 Å². The number of carboxylic acids is 1. The number of benzene rings is 1. The Bertz CT molecular complexity index is 2160. The molecule has 1 aromatic carbocycles. The molecule has 5 heterocycles. The number of β-lactam (4-membered cyclic amide) rings is 1. The summed E-state index contributed by atoms with van der Waals surface area (Å²) in [6, 6.07) is 6.01. The molecule has 53 heavy (non-hydrogen) atoms. The number of nitrogen functional groups attached to an aromatic ring is 1. The van der Waals surface area contributed by atoms with Gasteiger partial charge in [0.25, 0.3) is 0 Å². The second kappa shape index (κ2) is 16.1. The van der Waals surface area contributed by atoms with E-state index in [0.717, 1.165) is 16.9 Å². The molecule has 4 N–H and O–H groups in total. The number of aromatic nitrogens is 6. The second-order valence-electron chi connectivity index (χ2n) is 12.1. The van der Waals surface area contributed by atoms with Gasteiger partial charge >= 0.3 is 29.6 Å². The van der Waals surface area contributed by atoms with Crippen LogP contribution in [0.4, 0.5) is 5.13 Å². The second-order valence-corrected chi connectivity index (χ2v) is 15.2. The van der Waals surface area contributed by atoms with Gasteiger partial charge in [-0.3, -0.25) is 29.6 Å². The van der Waals surface area contributed by atoms with E-state index in [1.165, 1.54) is 42.6 Å². The monoisotopic (exact) mass is 809 g/mol. The van der Waals surface area contributed by atoms with Gasteiger partial charge in [0.05, 0.1) is 33.8 Å². The molecular weight excluding hydrogens is 784 g/mol. The zero-order chi connectivity index (χ0) is 37.5. The number of halogens is 2. The van der Waals surface area contributed by atoms with E-state index in [1.807, 2.05) is 4.57 Å². The number of carbonyl (C=O) groups excluding carboxylic acids is 4. The first-order chi connectivity index (χ1) is 24.7. The molecule has 0 spiro atoms. The van der Waals surface area contributed by atoms with E-state index < -0.39 is 51.8 Å². The van der Waals surface area contributed by atoms with Crippen molar-refractivity contribution in [1.82, 2.24) is 30.5 Å². The molecule has 22 heteroatoms. The number of aromatic hydroxyl groups is 2. The van der Waals surface area contributed by atoms with Crippen LogP contribution in [0.15, 0.2) is 47.4 Å². The van der Waals surface area contributed by atoms with Gasteiger partial charge in [0.15, 0.2) is 58.4 Å². The van der Waals surface area contributed by atoms with E-state index in [0.29, 0.717) is 23.6 Å². The summed E-state index contributed by atoms with van der Waals surface area (Å²) in [4.78, 5) is 62.4. The number of ketones is 2. The average molecular weight is 811 g/mol. The summed E-state index contributed by atoms with van der Waals surface area (Å²) in [5.41, 5.74) is 5.27. The first kappa shape index (κ1) is 40.1. The number of Topliss-reactive ketones (excluding diaryl/α,β-unsaturated/α-hetero) is 2. The summed E-state index contributed by atoms with van der Waals surface area (Å²) in [6.07, 6.45) is 3.15. The summed E-state index contributed by atoms with van der Waals surface area (Å²) in [5, 5.41) is 49.3. The van der Waals surface area contributed by atoms with Gasteiger partial charge < -0.3 is 35.8 Å². The Labute approximate surface area is 340 Å². The number of fused-ring (bicyclic) bond motifs is 1. The number of anilines is 1. The van der Waals surface area contributed by atoms with E-state index in [-0.39, 0.29) is 79.8 Å². The number of tetrazole rings is 1. The maximum Gasteiger partial charge on any atom is 1.00 e. The van der Waals surface area contributed by atoms with Crippen molar-refractivity contribution in [2.45, 2.75) is 44.2 Å². The molecule has 2 aliphatic rings. The van der Waals surface area contributed by atoms with Crippen LogP contribution >= 0.6 is 46.3 Å². The SMILES string of the molecule is CC(C)(O/N=C(\C(=O)C[C@@H]1C(=O)N2C(c3nnn[n-]3)=C(C[n+]3ccc(CC(=O)c4ccc(O)c(O)c4Cl)cc3)CS[C@H]12)c1nc(N)sc1Cl)C(=O)[O-].[Na+]. The van der Waals surface area contributed by atoms with Crippen molar-refractivity contribution in [2.24, 2.45) is 11.1 Å². The molecule has 17 nitrogen and oxygen atoms in total. The Morgan fingerprint density at radius 2 is 1.92 bits per heavy atom. The molecule has 1 fully saturated rings. The molecule has 0 radical (unpaired) electrons. The van der Waals surface area contributed by atoms with E-state index in [2.05, 4.69) is 30.8 Å². The minimum absolute atomic E-state index is 0. The predicted molar refractivity (Wildman–Crippen MR) is 184 cm³/mol. The van der Waals surface area contributed by atoms with Crippen molar-refractivity contribution in [3.05, 3.63) is 74.2 Å². The summed E-state index contributed by atoms with van der Waals surface area (Å²) in [5.74, 6) is -4.29. The molecule has 4 aromatic rings. The number of carboxylic acid groups (broad SMARTS) is 1. The van der Waals surface area contributed by atoms with Crippen LogP contribution in [-0.2, 0) is 32.2 Å². The van der Waals surface area contributed by atoms with Crippen LogP contribution in [0, 0.1) is 5.92 Å². The number of aliphatic carboxylic acids is 1. The van der Waals surface area contributed by atoms with E-state index in [4.69, 9.17) is 33.8 Å². The fourth-order valence-electron chi connectivity index (χ4n) is 5.36. The average Bonchev–Trinajstić information content (AvgIpc) is 3.76. The number of nitrogens with two attached hydrogens (primary N) is 1. The Morgan fingerprint density at radius 3 is 2.55 bits per heavy atom. The Hall–Kier alpha value is -4.11. The normalized spacial score (nSPS) is 17.2. The minimum atomic E-state index is -1.90. The standard InChI is InChI=1S/C31H27Cl2N9O8S2.Na/c1-31(2,29(48)49)50-38-21(22-25(33)52-30(34)35-22)19(45)10-16-27(47)42-23(26-36-39-40-37-26)14(12-51-28(16)42)11-41-7-5-13(6-8-41)9-18(44)15-3-4-17(43)24(46)20(15)32;/h3-8,16,28H,9-12H2,1-2H3,(H5-,34,35,36,37,38,39,40,43,44,45,46,48,49);/q;+1/p-1/t16-,28-;/m1./s1. The van der Waals surface area contributed by atoms with Crippen LogP contribution in [0.5, 0.6) is 11.5 Å². The van der Waals surface area contributed by atoms with Gasteiger partial charge in [-0.15, -0.1) is 11.8 Å². The van der Waals surface area contributed by atoms with Crippen LogP contribution < -0.4 is 50.1 Å². The Kier molecular flexibility index (Phi) is 12.2. The number of nitrogens with zero attached hydrogens (tertiary/aromatic N) is 8. The van der Waals surface area contributed by atoms with Crippen molar-refractivity contribution in [3.8, 4) is 11.5 Å². The molecule has 0 saturated carbocycles. The number of oxime groups is 1. The minimum Gasteiger partial charge on any atom is -0.546 e. The first-order valence-electron chi connectivity index (χ1n) is 15.2. The van der Waals surface area contributed by atoms with Crippen LogP contribution in [0.3, 0.4) is 0 Å². The zero-order valence-corrected chi connectivity index (χ0v) is 33.2. The Morgan fingerprint density at radius 1 is 1.21 bits per heavy atom. The molecule has 1 amide bonds. The van der Waals surface area contributed by atoms with Crippen molar-refractivity contribution in [1.29, 1.82) is 0 Å². The molecule has 3 aromatic heterocycles. The van der Waals surface area contributed by atoms with Crippen LogP contribution in [-0.4, -0.2) is 81.5 Å². The summed E-state index contributed by atoms with van der Waals surface area (Å²) in [6.45, 7) is 2.68. The number of carbonyl (C=O) groups is 4. The number of pyridine rings is 1. The van der Waals surface area contributed by atoms with Gasteiger partial charge in [-0.2, -0.15) is 5.21 Å². The fraction of sp³-hybridized carbons (Fsp3) is 0.290. The fourth-order valence-corrected chi connectivity index (χ4v) is 7.95. The molecule has 6 rings (SSSR count). The number of rotatable bonds is 13. The molecule has 2 aliphatic heterocycles. The third-order valence-corrected chi connectivity index (χ3v) is 11.0. The summed E-state index contributed by atoms with van der Waals surface area (Å²) in [7, 11) is 0. The topological polar surface area (TPSA) is 252 Å². The molecule has 1 saturated heterocycles. The number of hydrogen-bond acceptors (Lipinski definition) is 16. The number of thiazole rings is 1. The van der Waals surface area contributed by atoms with Gasteiger partial charge in [0, 0.05) is 41.9 Å². The smallest absolute Gasteiger partial charge is 0.546 e. The molecule has 270 valence electrons. The van der Waals surface area contributed by atoms with Gasteiger partial charge in [0.2, 0.25) is 5.91 Å². The van der Waals surface area contributed by atoms with Crippen molar-refractivity contribution >= 4 is 86.3 Å². The number of phenolic OH excluding ortho intramolecular Hbond substituents is 2. The van der Waals surface area contributed by atoms with E-state index >= 15 is 0 Å². The molecule has 0 bridgehead atoms. The maximum absolute atomic E-state index is 13.7. The van der Waals surface area contributed by atoms with E-state index in [1.54, 1.807) is 24.5 Å². The number of hydrogen-bond donors (Lipinski definition) is 3. The third kappa shape index (κ3) is 8.20. The Balaban J connectivity index is 0.00000541. The summed E-state index contributed by atoms with van der Waals surface area (Å²) < 4.78 is 1.86. The van der Waals surface area contributed by atoms with Crippen LogP contribution in [0.25, 0.3) is 5.70 Å². The number of phenols is 2. The number of amides is 1. The quantitative estimate of drug-likeness (QED) is 0.0255. The van der Waals surface area contributed by atoms with Crippen molar-refractivity contribution in [2.75, 3.05) is 11.5 Å². The van der Waals surface area contributed by atoms with Gasteiger partial charge in [-0.05, 0) is 31.5 Å². The van der Waals surface area contributed by atoms with Gasteiger partial charge in [-0.25, -0.2) is 9.55 Å². The maximum atomic E-state index is 13.7. The molecule has 0 aliphatic carbocycles.